The van der Waals surface area contributed by atoms with Crippen molar-refractivity contribution in [1.29, 1.82) is 0 Å². The van der Waals surface area contributed by atoms with Gasteiger partial charge in [-0.3, -0.25) is 4.79 Å². The highest BCUT2D eigenvalue weighted by atomic mass is 16.5. The molecule has 24 heavy (non-hydrogen) atoms. The number of rotatable bonds is 6. The number of aromatic nitrogens is 1. The van der Waals surface area contributed by atoms with Crippen LogP contribution in [0.25, 0.3) is 0 Å². The Bertz CT molecular complexity index is 546. The van der Waals surface area contributed by atoms with Crippen LogP contribution in [0, 0.1) is 12.8 Å². The van der Waals surface area contributed by atoms with Crippen molar-refractivity contribution in [3.8, 4) is 0 Å². The topological polar surface area (TPSA) is 57.7 Å². The minimum atomic E-state index is 0.267. The number of nitrogens with one attached hydrogen (secondary N) is 1. The predicted molar refractivity (Wildman–Crippen MR) is 94.0 cm³/mol. The zero-order valence-electron chi connectivity index (χ0n) is 14.5. The van der Waals surface area contributed by atoms with Crippen LogP contribution in [0.1, 0.15) is 18.4 Å². The van der Waals surface area contributed by atoms with Crippen molar-refractivity contribution < 1.29 is 9.53 Å². The van der Waals surface area contributed by atoms with Gasteiger partial charge < -0.3 is 19.9 Å². The summed E-state index contributed by atoms with van der Waals surface area (Å²) in [7, 11) is 0. The van der Waals surface area contributed by atoms with Gasteiger partial charge >= 0.3 is 0 Å². The molecule has 0 bridgehead atoms. The molecule has 2 aliphatic heterocycles. The number of ether oxygens (including phenoxy) is 1. The van der Waals surface area contributed by atoms with E-state index in [1.165, 1.54) is 12.0 Å². The predicted octanol–water partition coefficient (Wildman–Crippen LogP) is 1.37. The molecule has 2 fully saturated rings. The molecule has 3 rings (SSSR count). The van der Waals surface area contributed by atoms with Gasteiger partial charge in [0.05, 0.1) is 13.2 Å². The van der Waals surface area contributed by atoms with Gasteiger partial charge in [0.15, 0.2) is 0 Å². The third kappa shape index (κ3) is 4.92. The van der Waals surface area contributed by atoms with Crippen LogP contribution >= 0.6 is 0 Å². The Morgan fingerprint density at radius 1 is 1.38 bits per heavy atom. The van der Waals surface area contributed by atoms with Crippen molar-refractivity contribution in [2.24, 2.45) is 5.92 Å². The van der Waals surface area contributed by atoms with Crippen molar-refractivity contribution in [2.75, 3.05) is 57.8 Å². The monoisotopic (exact) mass is 332 g/mol. The highest BCUT2D eigenvalue weighted by Crippen LogP contribution is 2.17. The molecular weight excluding hydrogens is 304 g/mol. The van der Waals surface area contributed by atoms with Crippen LogP contribution in [0.2, 0.25) is 0 Å². The van der Waals surface area contributed by atoms with E-state index < -0.39 is 0 Å². The number of hydrogen-bond donors (Lipinski definition) is 1. The average molecular weight is 332 g/mol. The quantitative estimate of drug-likeness (QED) is 0.853. The van der Waals surface area contributed by atoms with Gasteiger partial charge in [-0.05, 0) is 43.5 Å². The summed E-state index contributed by atoms with van der Waals surface area (Å²) in [5, 5.41) is 3.44. The molecule has 132 valence electrons. The molecule has 0 saturated carbocycles. The Kier molecular flexibility index (Phi) is 6.04. The molecule has 6 heteroatoms. The van der Waals surface area contributed by atoms with Crippen LogP contribution in [-0.4, -0.2) is 73.2 Å². The normalized spacial score (nSPS) is 21.9. The van der Waals surface area contributed by atoms with Crippen LogP contribution in [0.4, 0.5) is 5.82 Å². The lowest BCUT2D eigenvalue weighted by molar-refractivity contribution is -0.135. The number of morpholine rings is 1. The zero-order valence-corrected chi connectivity index (χ0v) is 14.5. The maximum Gasteiger partial charge on any atom is 0.224 e. The molecule has 3 heterocycles. The maximum absolute atomic E-state index is 12.2. The van der Waals surface area contributed by atoms with Crippen LogP contribution < -0.4 is 5.32 Å². The van der Waals surface area contributed by atoms with Gasteiger partial charge in [0, 0.05) is 45.3 Å². The van der Waals surface area contributed by atoms with E-state index in [0.29, 0.717) is 25.6 Å². The fourth-order valence-corrected chi connectivity index (χ4v) is 3.39. The smallest absolute Gasteiger partial charge is 0.224 e. The van der Waals surface area contributed by atoms with Crippen molar-refractivity contribution >= 4 is 11.7 Å². The van der Waals surface area contributed by atoms with E-state index in [0.717, 1.165) is 45.1 Å². The van der Waals surface area contributed by atoms with E-state index in [-0.39, 0.29) is 5.91 Å². The van der Waals surface area contributed by atoms with Gasteiger partial charge in [0.1, 0.15) is 5.82 Å². The fourth-order valence-electron chi connectivity index (χ4n) is 3.39. The lowest BCUT2D eigenvalue weighted by Gasteiger charge is -2.27. The zero-order chi connectivity index (χ0) is 16.8. The van der Waals surface area contributed by atoms with Gasteiger partial charge in [0.25, 0.3) is 0 Å². The first kappa shape index (κ1) is 17.2. The van der Waals surface area contributed by atoms with E-state index >= 15 is 0 Å². The SMILES string of the molecule is Cc1ccnc(NC[C@@H]2CCN(CCC(=O)N3CCOCC3)C2)c1. The molecule has 0 aromatic carbocycles. The molecule has 0 aliphatic carbocycles. The second-order valence-corrected chi connectivity index (χ2v) is 6.80. The Morgan fingerprint density at radius 2 is 2.21 bits per heavy atom. The summed E-state index contributed by atoms with van der Waals surface area (Å²) in [4.78, 5) is 20.9. The van der Waals surface area contributed by atoms with Crippen molar-refractivity contribution in [2.45, 2.75) is 19.8 Å². The van der Waals surface area contributed by atoms with Crippen LogP contribution in [0.15, 0.2) is 18.3 Å². The summed E-state index contributed by atoms with van der Waals surface area (Å²) in [6.07, 6.45) is 3.65. The van der Waals surface area contributed by atoms with E-state index in [1.54, 1.807) is 0 Å². The Morgan fingerprint density at radius 3 is 3.00 bits per heavy atom. The van der Waals surface area contributed by atoms with Crippen LogP contribution in [-0.2, 0) is 9.53 Å². The third-order valence-electron chi connectivity index (χ3n) is 4.86. The summed E-state index contributed by atoms with van der Waals surface area (Å²) < 4.78 is 5.30. The van der Waals surface area contributed by atoms with Gasteiger partial charge in [-0.2, -0.15) is 0 Å². The van der Waals surface area contributed by atoms with E-state index in [9.17, 15) is 4.79 Å². The van der Waals surface area contributed by atoms with Crippen molar-refractivity contribution in [3.63, 3.8) is 0 Å². The summed E-state index contributed by atoms with van der Waals surface area (Å²) in [6, 6.07) is 4.08. The number of pyridine rings is 1. The minimum Gasteiger partial charge on any atom is -0.378 e. The molecule has 6 nitrogen and oxygen atoms in total. The van der Waals surface area contributed by atoms with E-state index in [1.807, 2.05) is 17.2 Å². The number of anilines is 1. The maximum atomic E-state index is 12.2. The molecule has 1 aromatic heterocycles. The lowest BCUT2D eigenvalue weighted by Crippen LogP contribution is -2.41. The Hall–Kier alpha value is -1.66. The fraction of sp³-hybridized carbons (Fsp3) is 0.667. The molecular formula is C18H28N4O2. The largest absolute Gasteiger partial charge is 0.378 e. The number of carbonyl (C=O) groups excluding carboxylic acids is 1. The second-order valence-electron chi connectivity index (χ2n) is 6.80. The van der Waals surface area contributed by atoms with Gasteiger partial charge in [-0.15, -0.1) is 0 Å². The standard InChI is InChI=1S/C18H28N4O2/c1-15-2-5-19-17(12-15)20-13-16-3-6-21(14-16)7-4-18(23)22-8-10-24-11-9-22/h2,5,12,16H,3-4,6-11,13-14H2,1H3,(H,19,20)/t16-/m0/s1. The van der Waals surface area contributed by atoms with Gasteiger partial charge in [-0.1, -0.05) is 0 Å². The molecule has 1 atom stereocenters. The number of likely N-dealkylation sites (tertiary alicyclic amines) is 1. The number of hydrogen-bond acceptors (Lipinski definition) is 5. The summed E-state index contributed by atoms with van der Waals surface area (Å²) in [5.74, 6) is 1.85. The summed E-state index contributed by atoms with van der Waals surface area (Å²) >= 11 is 0. The summed E-state index contributed by atoms with van der Waals surface area (Å²) in [5.41, 5.74) is 1.22. The first-order valence-electron chi connectivity index (χ1n) is 8.95. The van der Waals surface area contributed by atoms with Crippen LogP contribution in [0.3, 0.4) is 0 Å². The molecule has 2 saturated heterocycles. The first-order chi connectivity index (χ1) is 11.7. The van der Waals surface area contributed by atoms with Crippen molar-refractivity contribution in [1.82, 2.24) is 14.8 Å². The number of amides is 1. The highest BCUT2D eigenvalue weighted by Gasteiger charge is 2.24. The first-order valence-corrected chi connectivity index (χ1v) is 8.95. The summed E-state index contributed by atoms with van der Waals surface area (Å²) in [6.45, 7) is 8.89. The molecule has 2 aliphatic rings. The Labute approximate surface area is 144 Å². The Balaban J connectivity index is 1.35. The molecule has 0 spiro atoms. The van der Waals surface area contributed by atoms with E-state index in [4.69, 9.17) is 4.74 Å². The number of carbonyl (C=O) groups is 1. The molecule has 0 radical (unpaired) electrons. The molecule has 1 aromatic rings. The molecule has 1 N–H and O–H groups in total. The number of aryl methyl sites for hydroxylation is 1. The number of nitrogens with zero attached hydrogens (tertiary/aromatic N) is 3. The average Bonchev–Trinajstić information content (AvgIpc) is 3.07. The van der Waals surface area contributed by atoms with Gasteiger partial charge in [0.2, 0.25) is 5.91 Å². The minimum absolute atomic E-state index is 0.267. The molecule has 0 unspecified atom stereocenters. The van der Waals surface area contributed by atoms with Crippen LogP contribution in [0.5, 0.6) is 0 Å². The third-order valence-corrected chi connectivity index (χ3v) is 4.86. The lowest BCUT2D eigenvalue weighted by atomic mass is 10.1. The van der Waals surface area contributed by atoms with Gasteiger partial charge in [-0.25, -0.2) is 4.98 Å². The second kappa shape index (κ2) is 8.44. The van der Waals surface area contributed by atoms with Crippen molar-refractivity contribution in [3.05, 3.63) is 23.9 Å². The molecule has 1 amide bonds. The highest BCUT2D eigenvalue weighted by molar-refractivity contribution is 5.76. The van der Waals surface area contributed by atoms with E-state index in [2.05, 4.69) is 28.2 Å².